The van der Waals surface area contributed by atoms with Gasteiger partial charge in [-0.25, -0.2) is 8.78 Å². The normalized spacial score (nSPS) is 20.3. The second kappa shape index (κ2) is 7.46. The monoisotopic (exact) mass is 381 g/mol. The maximum Gasteiger partial charge on any atom is 0.406 e. The number of benzene rings is 1. The van der Waals surface area contributed by atoms with Crippen LogP contribution >= 0.6 is 0 Å². The largest absolute Gasteiger partial charge is 0.491 e. The number of hydrogen-bond acceptors (Lipinski definition) is 3. The minimum atomic E-state index is -4.96. The Kier molecular flexibility index (Phi) is 5.72. The van der Waals surface area contributed by atoms with E-state index in [1.807, 2.05) is 0 Å². The third-order valence-electron chi connectivity index (χ3n) is 4.26. The van der Waals surface area contributed by atoms with E-state index in [4.69, 9.17) is 9.84 Å². The molecule has 1 amide bonds. The van der Waals surface area contributed by atoms with Crippen LogP contribution in [0.2, 0.25) is 0 Å². The number of likely N-dealkylation sites (tertiary alicyclic amines) is 1. The first kappa shape index (κ1) is 19.9. The minimum Gasteiger partial charge on any atom is -0.491 e. The summed E-state index contributed by atoms with van der Waals surface area (Å²) < 4.78 is 70.3. The molecule has 144 valence electrons. The van der Waals surface area contributed by atoms with E-state index in [-0.39, 0.29) is 31.7 Å². The molecule has 1 fully saturated rings. The maximum atomic E-state index is 13.4. The van der Waals surface area contributed by atoms with E-state index in [9.17, 15) is 31.5 Å². The molecule has 1 aliphatic rings. The maximum absolute atomic E-state index is 13.4. The molecule has 1 aliphatic heterocycles. The van der Waals surface area contributed by atoms with Crippen LogP contribution in [0.4, 0.5) is 22.0 Å². The molecule has 0 radical (unpaired) electrons. The Balaban J connectivity index is 1.84. The average molecular weight is 381 g/mol. The van der Waals surface area contributed by atoms with Crippen LogP contribution < -0.4 is 4.74 Å². The molecule has 2 rings (SSSR count). The Morgan fingerprint density at radius 3 is 2.50 bits per heavy atom. The Labute approximate surface area is 145 Å². The Hall–Kier alpha value is -2.39. The number of carboxylic acids is 1. The number of amides is 1. The zero-order valence-electron chi connectivity index (χ0n) is 13.5. The predicted molar refractivity (Wildman–Crippen MR) is 78.4 cm³/mol. The Bertz CT molecular complexity index is 694. The Morgan fingerprint density at radius 2 is 1.96 bits per heavy atom. The van der Waals surface area contributed by atoms with Crippen LogP contribution in [-0.2, 0) is 9.59 Å². The summed E-state index contributed by atoms with van der Waals surface area (Å²) in [7, 11) is 0. The molecule has 0 aliphatic carbocycles. The fraction of sp³-hybridized carbons (Fsp3) is 0.500. The number of carbonyl (C=O) groups excluding carboxylic acids is 1. The minimum absolute atomic E-state index is 0.0816. The second-order valence-corrected chi connectivity index (χ2v) is 5.98. The van der Waals surface area contributed by atoms with Crippen LogP contribution in [0.1, 0.15) is 19.3 Å². The standard InChI is InChI=1S/C16H16F5NO4/c17-10-3-4-12(11(18)8-10)26-7-1-2-13(23)22-6-5-15(9-22,14(24)25)16(19,20)21/h3-4,8H,1-2,5-7,9H2,(H,24,25). The van der Waals surface area contributed by atoms with Crippen molar-refractivity contribution in [1.29, 1.82) is 0 Å². The topological polar surface area (TPSA) is 66.8 Å². The third kappa shape index (κ3) is 4.05. The summed E-state index contributed by atoms with van der Waals surface area (Å²) in [6.07, 6.45) is -5.76. The first-order valence-electron chi connectivity index (χ1n) is 7.72. The van der Waals surface area contributed by atoms with E-state index in [1.54, 1.807) is 0 Å². The molecule has 1 atom stereocenters. The van der Waals surface area contributed by atoms with Crippen LogP contribution in [-0.4, -0.2) is 47.8 Å². The van der Waals surface area contributed by atoms with E-state index < -0.39 is 48.1 Å². The number of ether oxygens (including phenoxy) is 1. The van der Waals surface area contributed by atoms with Gasteiger partial charge in [-0.1, -0.05) is 0 Å². The summed E-state index contributed by atoms with van der Waals surface area (Å²) in [6, 6.07) is 2.71. The zero-order chi connectivity index (χ0) is 19.5. The number of hydrogen-bond donors (Lipinski definition) is 1. The van der Waals surface area contributed by atoms with Crippen LogP contribution in [0.5, 0.6) is 5.75 Å². The van der Waals surface area contributed by atoms with Gasteiger partial charge in [-0.2, -0.15) is 13.2 Å². The van der Waals surface area contributed by atoms with Crippen molar-refractivity contribution in [3.05, 3.63) is 29.8 Å². The SMILES string of the molecule is O=C(CCCOc1ccc(F)cc1F)N1CCC(C(=O)O)(C(F)(F)F)C1. The van der Waals surface area contributed by atoms with E-state index in [2.05, 4.69) is 0 Å². The first-order valence-corrected chi connectivity index (χ1v) is 7.72. The smallest absolute Gasteiger partial charge is 0.406 e. The molecule has 0 aromatic heterocycles. The highest BCUT2D eigenvalue weighted by Gasteiger charge is 2.64. The number of carboxylic acid groups (broad SMARTS) is 1. The van der Waals surface area contributed by atoms with Crippen LogP contribution in [0.15, 0.2) is 18.2 Å². The third-order valence-corrected chi connectivity index (χ3v) is 4.26. The molecule has 1 unspecified atom stereocenters. The van der Waals surface area contributed by atoms with Crippen LogP contribution in [0.25, 0.3) is 0 Å². The van der Waals surface area contributed by atoms with Crippen molar-refractivity contribution in [3.8, 4) is 5.75 Å². The Morgan fingerprint density at radius 1 is 1.27 bits per heavy atom. The van der Waals surface area contributed by atoms with Crippen LogP contribution in [0, 0.1) is 17.0 Å². The zero-order valence-corrected chi connectivity index (χ0v) is 13.5. The lowest BCUT2D eigenvalue weighted by molar-refractivity contribution is -0.227. The highest BCUT2D eigenvalue weighted by atomic mass is 19.4. The number of rotatable bonds is 6. The quantitative estimate of drug-likeness (QED) is 0.608. The van der Waals surface area contributed by atoms with Crippen molar-refractivity contribution >= 4 is 11.9 Å². The molecule has 0 saturated carbocycles. The number of aliphatic carboxylic acids is 1. The molecule has 1 aromatic rings. The summed E-state index contributed by atoms with van der Waals surface area (Å²) in [4.78, 5) is 23.9. The van der Waals surface area contributed by atoms with Crippen molar-refractivity contribution in [2.45, 2.75) is 25.4 Å². The number of halogens is 5. The van der Waals surface area contributed by atoms with Gasteiger partial charge in [-0.05, 0) is 25.0 Å². The van der Waals surface area contributed by atoms with E-state index in [0.717, 1.165) is 17.0 Å². The summed E-state index contributed by atoms with van der Waals surface area (Å²) in [5, 5.41) is 8.94. The van der Waals surface area contributed by atoms with Gasteiger partial charge in [0.25, 0.3) is 0 Å². The lowest BCUT2D eigenvalue weighted by Gasteiger charge is -2.27. The summed E-state index contributed by atoms with van der Waals surface area (Å²) in [5.41, 5.74) is -2.95. The van der Waals surface area contributed by atoms with Gasteiger partial charge < -0.3 is 14.7 Å². The van der Waals surface area contributed by atoms with E-state index >= 15 is 0 Å². The molecule has 0 spiro atoms. The second-order valence-electron chi connectivity index (χ2n) is 5.98. The molecule has 1 saturated heterocycles. The van der Waals surface area contributed by atoms with Gasteiger partial charge in [0.1, 0.15) is 5.82 Å². The molecular formula is C16H16F5NO4. The molecule has 1 aromatic carbocycles. The summed E-state index contributed by atoms with van der Waals surface area (Å²) >= 11 is 0. The fourth-order valence-electron chi connectivity index (χ4n) is 2.71. The predicted octanol–water partition coefficient (Wildman–Crippen LogP) is 2.99. The van der Waals surface area contributed by atoms with Gasteiger partial charge in [0, 0.05) is 25.6 Å². The molecule has 5 nitrogen and oxygen atoms in total. The van der Waals surface area contributed by atoms with Gasteiger partial charge >= 0.3 is 12.1 Å². The van der Waals surface area contributed by atoms with E-state index in [1.165, 1.54) is 0 Å². The average Bonchev–Trinajstić information content (AvgIpc) is 2.99. The van der Waals surface area contributed by atoms with Crippen molar-refractivity contribution in [3.63, 3.8) is 0 Å². The van der Waals surface area contributed by atoms with Gasteiger partial charge in [-0.3, -0.25) is 9.59 Å². The molecule has 1 N–H and O–H groups in total. The van der Waals surface area contributed by atoms with Crippen molar-refractivity contribution in [2.24, 2.45) is 5.41 Å². The highest BCUT2D eigenvalue weighted by molar-refractivity contribution is 5.81. The number of alkyl halides is 3. The molecular weight excluding hydrogens is 365 g/mol. The highest BCUT2D eigenvalue weighted by Crippen LogP contribution is 2.45. The van der Waals surface area contributed by atoms with Crippen LogP contribution in [0.3, 0.4) is 0 Å². The van der Waals surface area contributed by atoms with Crippen molar-refractivity contribution < 1.29 is 41.4 Å². The molecule has 0 bridgehead atoms. The van der Waals surface area contributed by atoms with Gasteiger partial charge in [0.15, 0.2) is 17.0 Å². The van der Waals surface area contributed by atoms with Crippen molar-refractivity contribution in [1.82, 2.24) is 4.90 Å². The summed E-state index contributed by atoms with van der Waals surface area (Å²) in [6.45, 7) is -1.35. The summed E-state index contributed by atoms with van der Waals surface area (Å²) in [5.74, 6) is -4.53. The van der Waals surface area contributed by atoms with E-state index in [0.29, 0.717) is 6.07 Å². The lowest BCUT2D eigenvalue weighted by atomic mass is 9.86. The number of nitrogens with zero attached hydrogens (tertiary/aromatic N) is 1. The lowest BCUT2D eigenvalue weighted by Crippen LogP contribution is -2.47. The molecule has 26 heavy (non-hydrogen) atoms. The fourth-order valence-corrected chi connectivity index (χ4v) is 2.71. The molecule has 1 heterocycles. The number of carbonyl (C=O) groups is 2. The van der Waals surface area contributed by atoms with Crippen molar-refractivity contribution in [2.75, 3.05) is 19.7 Å². The molecule has 10 heteroatoms. The van der Waals surface area contributed by atoms with Gasteiger partial charge in [0.05, 0.1) is 6.61 Å². The van der Waals surface area contributed by atoms with Gasteiger partial charge in [-0.15, -0.1) is 0 Å². The van der Waals surface area contributed by atoms with Gasteiger partial charge in [0.2, 0.25) is 5.91 Å². The first-order chi connectivity index (χ1) is 12.1.